The molecule has 14 heavy (non-hydrogen) atoms. The molecule has 0 aromatic carbocycles. The van der Waals surface area contributed by atoms with E-state index in [-0.39, 0.29) is 11.3 Å². The van der Waals surface area contributed by atoms with E-state index in [1.807, 2.05) is 27.7 Å². The van der Waals surface area contributed by atoms with Gasteiger partial charge < -0.3 is 10.1 Å². The first kappa shape index (κ1) is 11.8. The fourth-order valence-electron chi connectivity index (χ4n) is 1.47. The minimum absolute atomic E-state index is 0.0209. The van der Waals surface area contributed by atoms with Crippen molar-refractivity contribution in [3.8, 4) is 0 Å². The zero-order valence-electron chi connectivity index (χ0n) is 9.19. The largest absolute Gasteiger partial charge is 0.459 e. The quantitative estimate of drug-likeness (QED) is 0.539. The molecule has 0 aliphatic carbocycles. The van der Waals surface area contributed by atoms with Crippen molar-refractivity contribution in [3.05, 3.63) is 0 Å². The van der Waals surface area contributed by atoms with Gasteiger partial charge in [-0.3, -0.25) is 4.79 Å². The maximum atomic E-state index is 11.8. The predicted molar refractivity (Wildman–Crippen MR) is 56.5 cm³/mol. The average Bonchev–Trinajstić information content (AvgIpc) is 2.29. The second-order valence-corrected chi connectivity index (χ2v) is 5.63. The molecule has 0 spiro atoms. The van der Waals surface area contributed by atoms with Gasteiger partial charge in [0.1, 0.15) is 11.1 Å². The van der Waals surface area contributed by atoms with Gasteiger partial charge in [0.05, 0.1) is 0 Å². The summed E-state index contributed by atoms with van der Waals surface area (Å²) in [6.45, 7) is 8.09. The van der Waals surface area contributed by atoms with Crippen LogP contribution < -0.4 is 5.32 Å². The summed E-state index contributed by atoms with van der Waals surface area (Å²) in [5.74, 6) is -0.215. The highest BCUT2D eigenvalue weighted by Gasteiger charge is 2.42. The number of rotatable bonds is 1. The van der Waals surface area contributed by atoms with Crippen LogP contribution in [0.5, 0.6) is 0 Å². The Kier molecular flexibility index (Phi) is 3.12. The van der Waals surface area contributed by atoms with Crippen molar-refractivity contribution in [2.45, 2.75) is 50.6 Å². The summed E-state index contributed by atoms with van der Waals surface area (Å²) >= 11 is 5.94. The smallest absolute Gasteiger partial charge is 0.326 e. The highest BCUT2D eigenvalue weighted by molar-refractivity contribution is 6.21. The molecule has 0 unspecified atom stereocenters. The molecule has 1 fully saturated rings. The van der Waals surface area contributed by atoms with Gasteiger partial charge in [-0.15, -0.1) is 11.6 Å². The van der Waals surface area contributed by atoms with Crippen LogP contribution in [0.15, 0.2) is 0 Å². The van der Waals surface area contributed by atoms with Crippen LogP contribution >= 0.6 is 11.6 Å². The molecule has 0 saturated carbocycles. The molecule has 1 rings (SSSR count). The van der Waals surface area contributed by atoms with Gasteiger partial charge >= 0.3 is 5.97 Å². The molecular formula is C10H18ClNO2. The third kappa shape index (κ3) is 2.85. The predicted octanol–water partition coefficient (Wildman–Crippen LogP) is 1.69. The van der Waals surface area contributed by atoms with E-state index in [9.17, 15) is 4.79 Å². The number of hydrogen-bond acceptors (Lipinski definition) is 3. The van der Waals surface area contributed by atoms with Gasteiger partial charge in [-0.25, -0.2) is 0 Å². The van der Waals surface area contributed by atoms with Gasteiger partial charge in [0.15, 0.2) is 0 Å². The molecule has 0 aromatic rings. The van der Waals surface area contributed by atoms with Gasteiger partial charge in [-0.05, 0) is 34.1 Å². The van der Waals surface area contributed by atoms with Gasteiger partial charge in [0.2, 0.25) is 0 Å². The van der Waals surface area contributed by atoms with Gasteiger partial charge in [0, 0.05) is 11.9 Å². The Hall–Kier alpha value is -0.280. The maximum Gasteiger partial charge on any atom is 0.326 e. The normalized spacial score (nSPS) is 33.1. The first-order valence-corrected chi connectivity index (χ1v) is 5.29. The molecule has 1 heterocycles. The molecule has 1 aliphatic heterocycles. The molecule has 1 aliphatic rings. The number of nitrogens with one attached hydrogen (secondary N) is 1. The van der Waals surface area contributed by atoms with E-state index in [1.54, 1.807) is 0 Å². The number of ether oxygens (including phenoxy) is 1. The zero-order valence-corrected chi connectivity index (χ0v) is 9.94. The Balaban J connectivity index is 2.61. The van der Waals surface area contributed by atoms with E-state index >= 15 is 0 Å². The molecule has 2 atom stereocenters. The fourth-order valence-corrected chi connectivity index (χ4v) is 1.86. The number of carbonyl (C=O) groups is 1. The minimum Gasteiger partial charge on any atom is -0.459 e. The Labute approximate surface area is 90.1 Å². The van der Waals surface area contributed by atoms with Crippen molar-refractivity contribution in [1.29, 1.82) is 0 Å². The summed E-state index contributed by atoms with van der Waals surface area (Å²) < 4.78 is 5.31. The van der Waals surface area contributed by atoms with Crippen LogP contribution in [0.4, 0.5) is 0 Å². The second kappa shape index (κ2) is 3.70. The monoisotopic (exact) mass is 219 g/mol. The number of carbonyl (C=O) groups excluding carboxylic acids is 1. The van der Waals surface area contributed by atoms with Crippen LogP contribution in [-0.2, 0) is 9.53 Å². The molecule has 1 saturated heterocycles. The lowest BCUT2D eigenvalue weighted by Gasteiger charge is -2.28. The number of esters is 1. The van der Waals surface area contributed by atoms with Crippen molar-refractivity contribution in [2.75, 3.05) is 6.54 Å². The van der Waals surface area contributed by atoms with E-state index in [0.29, 0.717) is 13.0 Å². The molecule has 0 radical (unpaired) electrons. The van der Waals surface area contributed by atoms with Crippen LogP contribution in [0, 0.1) is 0 Å². The second-order valence-electron chi connectivity index (χ2n) is 5.02. The zero-order chi connectivity index (χ0) is 11.0. The highest BCUT2D eigenvalue weighted by atomic mass is 35.5. The molecule has 4 heteroatoms. The third-order valence-electron chi connectivity index (χ3n) is 2.19. The van der Waals surface area contributed by atoms with E-state index in [0.717, 1.165) is 0 Å². The molecule has 0 bridgehead atoms. The summed E-state index contributed by atoms with van der Waals surface area (Å²) in [7, 11) is 0. The van der Waals surface area contributed by atoms with E-state index in [4.69, 9.17) is 16.3 Å². The van der Waals surface area contributed by atoms with E-state index in [2.05, 4.69) is 5.32 Å². The number of hydrogen-bond donors (Lipinski definition) is 1. The van der Waals surface area contributed by atoms with Crippen LogP contribution in [0.3, 0.4) is 0 Å². The van der Waals surface area contributed by atoms with Crippen LogP contribution in [0.25, 0.3) is 0 Å². The third-order valence-corrected chi connectivity index (χ3v) is 2.50. The molecule has 1 N–H and O–H groups in total. The first-order valence-electron chi connectivity index (χ1n) is 4.85. The average molecular weight is 220 g/mol. The van der Waals surface area contributed by atoms with Crippen molar-refractivity contribution >= 4 is 17.6 Å². The van der Waals surface area contributed by atoms with Crippen molar-refractivity contribution in [2.24, 2.45) is 0 Å². The van der Waals surface area contributed by atoms with Crippen LogP contribution in [0.1, 0.15) is 34.1 Å². The van der Waals surface area contributed by atoms with Crippen molar-refractivity contribution in [3.63, 3.8) is 0 Å². The fraction of sp³-hybridized carbons (Fsp3) is 0.900. The summed E-state index contributed by atoms with van der Waals surface area (Å²) in [5, 5.41) is 3.12. The topological polar surface area (TPSA) is 38.3 Å². The summed E-state index contributed by atoms with van der Waals surface area (Å²) in [6, 6.07) is 0. The molecule has 0 aromatic heterocycles. The Morgan fingerprint density at radius 3 is 2.50 bits per heavy atom. The first-order chi connectivity index (χ1) is 6.23. The van der Waals surface area contributed by atoms with Gasteiger partial charge in [-0.2, -0.15) is 0 Å². The number of halogens is 1. The Morgan fingerprint density at radius 1 is 1.57 bits per heavy atom. The molecule has 3 nitrogen and oxygen atoms in total. The Morgan fingerprint density at radius 2 is 2.14 bits per heavy atom. The molecule has 0 amide bonds. The lowest BCUT2D eigenvalue weighted by atomic mass is 10.0. The summed E-state index contributed by atoms with van der Waals surface area (Å²) in [4.78, 5) is 11.8. The molecule has 82 valence electrons. The minimum atomic E-state index is -0.611. The van der Waals surface area contributed by atoms with E-state index in [1.165, 1.54) is 0 Å². The van der Waals surface area contributed by atoms with Crippen molar-refractivity contribution in [1.82, 2.24) is 5.32 Å². The lowest BCUT2D eigenvalue weighted by Crippen LogP contribution is -2.48. The van der Waals surface area contributed by atoms with E-state index < -0.39 is 11.1 Å². The number of alkyl halides is 1. The lowest BCUT2D eigenvalue weighted by molar-refractivity contribution is -0.161. The highest BCUT2D eigenvalue weighted by Crippen LogP contribution is 2.25. The summed E-state index contributed by atoms with van der Waals surface area (Å²) in [6.07, 6.45) is 0.628. The van der Waals surface area contributed by atoms with Gasteiger partial charge in [0.25, 0.3) is 0 Å². The maximum absolute atomic E-state index is 11.8. The van der Waals surface area contributed by atoms with Crippen LogP contribution in [-0.4, -0.2) is 29.0 Å². The SMILES string of the molecule is CC(C)(C)OC(=O)[C@@]1(C)C[C@@H](Cl)CN1. The molecular weight excluding hydrogens is 202 g/mol. The van der Waals surface area contributed by atoms with Crippen molar-refractivity contribution < 1.29 is 9.53 Å². The Bertz CT molecular complexity index is 237. The van der Waals surface area contributed by atoms with Gasteiger partial charge in [-0.1, -0.05) is 0 Å². The summed E-state index contributed by atoms with van der Waals surface area (Å²) in [5.41, 5.74) is -1.05. The van der Waals surface area contributed by atoms with Crippen LogP contribution in [0.2, 0.25) is 0 Å². The standard InChI is InChI=1S/C10H18ClNO2/c1-9(2,3)14-8(13)10(4)5-7(11)6-12-10/h7,12H,5-6H2,1-4H3/t7-,10-/m1/s1.